The summed E-state index contributed by atoms with van der Waals surface area (Å²) in [4.78, 5) is 4.17. The smallest absolute Gasteiger partial charge is 0.0959 e. The van der Waals surface area contributed by atoms with Gasteiger partial charge in [0.25, 0.3) is 0 Å². The first kappa shape index (κ1) is 16.3. The Morgan fingerprint density at radius 1 is 1.25 bits per heavy atom. The van der Waals surface area contributed by atoms with Crippen molar-refractivity contribution in [3.63, 3.8) is 0 Å². The van der Waals surface area contributed by atoms with Crippen LogP contribution < -0.4 is 0 Å². The lowest BCUT2D eigenvalue weighted by Crippen LogP contribution is -2.12. The van der Waals surface area contributed by atoms with Crippen LogP contribution in [-0.4, -0.2) is 40.1 Å². The highest BCUT2D eigenvalue weighted by Gasteiger charge is 2.15. The average molecular weight is 327 g/mol. The summed E-state index contributed by atoms with van der Waals surface area (Å²) in [6.45, 7) is 2.03. The van der Waals surface area contributed by atoms with Crippen LogP contribution in [0.5, 0.6) is 0 Å². The molecule has 3 aromatic heterocycles. The number of rotatable bonds is 7. The first-order valence-electron chi connectivity index (χ1n) is 7.99. The molecule has 0 saturated heterocycles. The Bertz CT molecular complexity index is 768. The van der Waals surface area contributed by atoms with Crippen LogP contribution in [-0.2, 0) is 13.5 Å². The lowest BCUT2D eigenvalue weighted by Gasteiger charge is -2.10. The molecule has 8 heteroatoms. The summed E-state index contributed by atoms with van der Waals surface area (Å²) in [5, 5.41) is 26.4. The Hall–Kier alpha value is -2.61. The van der Waals surface area contributed by atoms with Crippen LogP contribution in [0.2, 0.25) is 0 Å². The fourth-order valence-corrected chi connectivity index (χ4v) is 2.63. The van der Waals surface area contributed by atoms with Crippen molar-refractivity contribution in [1.29, 1.82) is 0 Å². The van der Waals surface area contributed by atoms with Gasteiger partial charge in [-0.25, -0.2) is 4.68 Å². The number of aliphatic hydroxyl groups excluding tert-OH is 1. The summed E-state index contributed by atoms with van der Waals surface area (Å²) in [5.41, 5.74) is 2.58. The molecule has 0 aliphatic carbocycles. The minimum absolute atomic E-state index is 0.0189. The third-order valence-electron chi connectivity index (χ3n) is 4.07. The standard InChI is InChI=1S/C16H21N7O/c1-12(15-10-18-20-22(15)2)23-11-13(19-21-23)6-5-8-16(24)14-7-3-4-9-17-14/h3-4,7,9-12,16,24H,5-6,8H2,1-2H3/t12-,16?/m1/s1. The van der Waals surface area contributed by atoms with Crippen LogP contribution in [0.25, 0.3) is 0 Å². The molecule has 1 unspecified atom stereocenters. The minimum atomic E-state index is -0.541. The van der Waals surface area contributed by atoms with Crippen LogP contribution in [0.1, 0.15) is 49.0 Å². The molecule has 0 aromatic carbocycles. The summed E-state index contributed by atoms with van der Waals surface area (Å²) in [7, 11) is 1.86. The molecule has 24 heavy (non-hydrogen) atoms. The summed E-state index contributed by atoms with van der Waals surface area (Å²) in [6.07, 6.45) is 7.04. The van der Waals surface area contributed by atoms with Crippen molar-refractivity contribution in [2.24, 2.45) is 7.05 Å². The largest absolute Gasteiger partial charge is 0.387 e. The molecule has 0 spiro atoms. The van der Waals surface area contributed by atoms with Crippen LogP contribution in [0.3, 0.4) is 0 Å². The van der Waals surface area contributed by atoms with Gasteiger partial charge in [0.2, 0.25) is 0 Å². The van der Waals surface area contributed by atoms with Gasteiger partial charge in [-0.15, -0.1) is 10.2 Å². The van der Waals surface area contributed by atoms with Crippen molar-refractivity contribution in [3.8, 4) is 0 Å². The van der Waals surface area contributed by atoms with Gasteiger partial charge < -0.3 is 5.11 Å². The van der Waals surface area contributed by atoms with E-state index in [0.29, 0.717) is 12.1 Å². The number of aryl methyl sites for hydroxylation is 2. The van der Waals surface area contributed by atoms with Crippen LogP contribution in [0.4, 0.5) is 0 Å². The van der Waals surface area contributed by atoms with Crippen molar-refractivity contribution in [2.45, 2.75) is 38.3 Å². The van der Waals surface area contributed by atoms with Crippen LogP contribution in [0, 0.1) is 0 Å². The van der Waals surface area contributed by atoms with E-state index in [-0.39, 0.29) is 6.04 Å². The van der Waals surface area contributed by atoms with Gasteiger partial charge in [-0.1, -0.05) is 16.5 Å². The second-order valence-corrected chi connectivity index (χ2v) is 5.81. The molecule has 0 aliphatic rings. The fourth-order valence-electron chi connectivity index (χ4n) is 2.63. The monoisotopic (exact) mass is 327 g/mol. The number of aromatic nitrogens is 7. The maximum Gasteiger partial charge on any atom is 0.0959 e. The van der Waals surface area contributed by atoms with E-state index in [1.54, 1.807) is 17.1 Å². The maximum atomic E-state index is 10.1. The zero-order valence-corrected chi connectivity index (χ0v) is 13.8. The van der Waals surface area contributed by atoms with Crippen LogP contribution in [0.15, 0.2) is 36.8 Å². The Morgan fingerprint density at radius 3 is 2.83 bits per heavy atom. The predicted molar refractivity (Wildman–Crippen MR) is 87.0 cm³/mol. The molecule has 0 bridgehead atoms. The zero-order valence-electron chi connectivity index (χ0n) is 13.8. The summed E-state index contributed by atoms with van der Waals surface area (Å²) in [5.74, 6) is 0. The van der Waals surface area contributed by atoms with E-state index >= 15 is 0 Å². The molecular formula is C16H21N7O. The third-order valence-corrected chi connectivity index (χ3v) is 4.07. The second-order valence-electron chi connectivity index (χ2n) is 5.81. The van der Waals surface area contributed by atoms with Gasteiger partial charge in [-0.3, -0.25) is 9.67 Å². The topological polar surface area (TPSA) is 94.5 Å². The number of pyridine rings is 1. The SMILES string of the molecule is C[C@H](c1cnnn1C)n1cc(CCCC(O)c2ccccn2)nn1. The van der Waals surface area contributed by atoms with Gasteiger partial charge in [-0.2, -0.15) is 0 Å². The first-order chi connectivity index (χ1) is 11.6. The Balaban J connectivity index is 1.54. The molecule has 8 nitrogen and oxygen atoms in total. The number of hydrogen-bond donors (Lipinski definition) is 1. The summed E-state index contributed by atoms with van der Waals surface area (Å²) >= 11 is 0. The second kappa shape index (κ2) is 7.31. The maximum absolute atomic E-state index is 10.1. The van der Waals surface area contributed by atoms with E-state index in [1.807, 2.05) is 43.0 Å². The molecule has 0 fully saturated rings. The molecule has 0 aliphatic heterocycles. The highest BCUT2D eigenvalue weighted by Crippen LogP contribution is 2.18. The van der Waals surface area contributed by atoms with E-state index in [9.17, 15) is 5.11 Å². The molecule has 126 valence electrons. The van der Waals surface area contributed by atoms with Gasteiger partial charge in [0.15, 0.2) is 0 Å². The number of aliphatic hydroxyl groups is 1. The average Bonchev–Trinajstić information content (AvgIpc) is 3.24. The van der Waals surface area contributed by atoms with Gasteiger partial charge in [0, 0.05) is 19.4 Å². The molecule has 0 amide bonds. The first-order valence-corrected chi connectivity index (χ1v) is 7.99. The van der Waals surface area contributed by atoms with Crippen molar-refractivity contribution in [2.75, 3.05) is 0 Å². The Morgan fingerprint density at radius 2 is 2.12 bits per heavy atom. The third kappa shape index (κ3) is 3.65. The van der Waals surface area contributed by atoms with Crippen molar-refractivity contribution in [3.05, 3.63) is 53.9 Å². The summed E-state index contributed by atoms with van der Waals surface area (Å²) < 4.78 is 3.54. The van der Waals surface area contributed by atoms with E-state index in [1.165, 1.54) is 0 Å². The highest BCUT2D eigenvalue weighted by atomic mass is 16.3. The van der Waals surface area contributed by atoms with Gasteiger partial charge in [0.05, 0.1) is 35.4 Å². The number of hydrogen-bond acceptors (Lipinski definition) is 6. The van der Waals surface area contributed by atoms with Gasteiger partial charge >= 0.3 is 0 Å². The van der Waals surface area contributed by atoms with Gasteiger partial charge in [-0.05, 0) is 38.3 Å². The fraction of sp³-hybridized carbons (Fsp3) is 0.438. The Labute approximate surface area is 140 Å². The number of nitrogens with zero attached hydrogens (tertiary/aromatic N) is 7. The zero-order chi connectivity index (χ0) is 16.9. The normalized spacial score (nSPS) is 13.8. The quantitative estimate of drug-likeness (QED) is 0.706. The van der Waals surface area contributed by atoms with Gasteiger partial charge in [0.1, 0.15) is 0 Å². The van der Waals surface area contributed by atoms with E-state index in [2.05, 4.69) is 25.6 Å². The lowest BCUT2D eigenvalue weighted by atomic mass is 10.1. The van der Waals surface area contributed by atoms with Crippen molar-refractivity contribution >= 4 is 0 Å². The molecular weight excluding hydrogens is 306 g/mol. The van der Waals surface area contributed by atoms with Crippen molar-refractivity contribution < 1.29 is 5.11 Å². The molecule has 3 heterocycles. The lowest BCUT2D eigenvalue weighted by molar-refractivity contribution is 0.160. The Kier molecular flexibility index (Phi) is 4.95. The predicted octanol–water partition coefficient (Wildman–Crippen LogP) is 1.47. The molecule has 0 saturated carbocycles. The van der Waals surface area contributed by atoms with E-state index in [0.717, 1.165) is 24.2 Å². The molecule has 3 aromatic rings. The van der Waals surface area contributed by atoms with E-state index in [4.69, 9.17) is 0 Å². The van der Waals surface area contributed by atoms with Crippen LogP contribution >= 0.6 is 0 Å². The molecule has 2 atom stereocenters. The molecule has 3 rings (SSSR count). The molecule has 0 radical (unpaired) electrons. The van der Waals surface area contributed by atoms with E-state index < -0.39 is 6.10 Å². The molecule has 1 N–H and O–H groups in total. The minimum Gasteiger partial charge on any atom is -0.387 e. The van der Waals surface area contributed by atoms with Crippen molar-refractivity contribution in [1.82, 2.24) is 35.0 Å². The highest BCUT2D eigenvalue weighted by molar-refractivity contribution is 5.07. The summed E-state index contributed by atoms with van der Waals surface area (Å²) in [6, 6.07) is 5.58.